The lowest BCUT2D eigenvalue weighted by molar-refractivity contribution is 0.290. The minimum absolute atomic E-state index is 0.103. The number of aryl methyl sites for hydroxylation is 2. The van der Waals surface area contributed by atoms with Crippen LogP contribution in [-0.4, -0.2) is 6.61 Å². The van der Waals surface area contributed by atoms with Crippen molar-refractivity contribution >= 4 is 0 Å². The highest BCUT2D eigenvalue weighted by Crippen LogP contribution is 2.20. The van der Waals surface area contributed by atoms with Gasteiger partial charge in [-0.3, -0.25) is 0 Å². The zero-order chi connectivity index (χ0) is 15.4. The molecule has 0 aliphatic carbocycles. The third kappa shape index (κ3) is 4.08. The highest BCUT2D eigenvalue weighted by Gasteiger charge is 2.08. The number of benzene rings is 2. The average molecular weight is 283 g/mol. The van der Waals surface area contributed by atoms with E-state index in [1.807, 2.05) is 12.1 Å². The van der Waals surface area contributed by atoms with Gasteiger partial charge < -0.3 is 10.5 Å². The Morgan fingerprint density at radius 2 is 1.52 bits per heavy atom. The van der Waals surface area contributed by atoms with Gasteiger partial charge in [0.15, 0.2) is 0 Å². The molecule has 21 heavy (non-hydrogen) atoms. The lowest BCUT2D eigenvalue weighted by Crippen LogP contribution is -2.19. The smallest absolute Gasteiger partial charge is 0.119 e. The van der Waals surface area contributed by atoms with Crippen LogP contribution in [0.15, 0.2) is 42.5 Å². The molecule has 0 fully saturated rings. The maximum Gasteiger partial charge on any atom is 0.119 e. The predicted octanol–water partition coefficient (Wildman–Crippen LogP) is 4.51. The molecule has 2 heteroatoms. The monoisotopic (exact) mass is 283 g/mol. The summed E-state index contributed by atoms with van der Waals surface area (Å²) in [5, 5.41) is 0. The normalized spacial score (nSPS) is 12.5. The van der Waals surface area contributed by atoms with E-state index in [1.54, 1.807) is 0 Å². The van der Waals surface area contributed by atoms with Crippen LogP contribution < -0.4 is 10.5 Å². The molecule has 0 aliphatic heterocycles. The minimum Gasteiger partial charge on any atom is -0.492 e. The van der Waals surface area contributed by atoms with Gasteiger partial charge in [0, 0.05) is 0 Å². The van der Waals surface area contributed by atoms with Gasteiger partial charge in [-0.1, -0.05) is 44.2 Å². The number of nitrogens with two attached hydrogens (primary N) is 1. The molecule has 2 aromatic rings. The summed E-state index contributed by atoms with van der Waals surface area (Å²) in [6.07, 6.45) is 0. The summed E-state index contributed by atoms with van der Waals surface area (Å²) in [5.41, 5.74) is 11.2. The molecule has 2 aromatic carbocycles. The van der Waals surface area contributed by atoms with Crippen LogP contribution in [0.3, 0.4) is 0 Å². The third-order valence-corrected chi connectivity index (χ3v) is 3.94. The van der Waals surface area contributed by atoms with Crippen LogP contribution >= 0.6 is 0 Å². The minimum atomic E-state index is -0.103. The molecule has 2 nitrogen and oxygen atoms in total. The van der Waals surface area contributed by atoms with Crippen LogP contribution in [-0.2, 0) is 0 Å². The molecule has 0 saturated carbocycles. The van der Waals surface area contributed by atoms with Crippen LogP contribution in [0.2, 0.25) is 0 Å². The summed E-state index contributed by atoms with van der Waals surface area (Å²) in [7, 11) is 0. The van der Waals surface area contributed by atoms with Gasteiger partial charge in [-0.05, 0) is 54.2 Å². The largest absolute Gasteiger partial charge is 0.492 e. The summed E-state index contributed by atoms with van der Waals surface area (Å²) >= 11 is 0. The maximum atomic E-state index is 6.21. The standard InChI is InChI=1S/C19H25NO/c1-13(2)16-7-9-18(10-8-16)21-12-19(20)17-6-5-14(3)15(4)11-17/h5-11,13,19H,12,20H2,1-4H3. The fourth-order valence-corrected chi connectivity index (χ4v) is 2.23. The molecule has 2 rings (SSSR count). The van der Waals surface area contributed by atoms with E-state index in [-0.39, 0.29) is 6.04 Å². The zero-order valence-corrected chi connectivity index (χ0v) is 13.4. The van der Waals surface area contributed by atoms with E-state index in [9.17, 15) is 0 Å². The molecule has 0 spiro atoms. The second-order valence-corrected chi connectivity index (χ2v) is 5.98. The Bertz CT molecular complexity index is 587. The molecule has 112 valence electrons. The van der Waals surface area contributed by atoms with Crippen LogP contribution in [0.1, 0.15) is 48.1 Å². The highest BCUT2D eigenvalue weighted by atomic mass is 16.5. The predicted molar refractivity (Wildman–Crippen MR) is 88.9 cm³/mol. The van der Waals surface area contributed by atoms with Crippen molar-refractivity contribution in [1.29, 1.82) is 0 Å². The van der Waals surface area contributed by atoms with E-state index in [2.05, 4.69) is 58.0 Å². The SMILES string of the molecule is Cc1ccc(C(N)COc2ccc(C(C)C)cc2)cc1C. The number of hydrogen-bond donors (Lipinski definition) is 1. The fourth-order valence-electron chi connectivity index (χ4n) is 2.23. The molecule has 0 radical (unpaired) electrons. The fraction of sp³-hybridized carbons (Fsp3) is 0.368. The Hall–Kier alpha value is -1.80. The molecule has 0 aliphatic rings. The van der Waals surface area contributed by atoms with Crippen molar-refractivity contribution in [2.75, 3.05) is 6.61 Å². The molecule has 0 heterocycles. The molecule has 0 saturated heterocycles. The van der Waals surface area contributed by atoms with Crippen molar-refractivity contribution < 1.29 is 4.74 Å². The van der Waals surface area contributed by atoms with E-state index in [1.165, 1.54) is 16.7 Å². The van der Waals surface area contributed by atoms with Gasteiger partial charge >= 0.3 is 0 Å². The molecule has 0 amide bonds. The van der Waals surface area contributed by atoms with Crippen molar-refractivity contribution in [2.45, 2.75) is 39.7 Å². The summed E-state index contributed by atoms with van der Waals surface area (Å²) in [5.74, 6) is 1.41. The molecule has 1 unspecified atom stereocenters. The van der Waals surface area contributed by atoms with Gasteiger partial charge in [0.2, 0.25) is 0 Å². The molecular formula is C19H25NO. The summed E-state index contributed by atoms with van der Waals surface area (Å²) in [6, 6.07) is 14.5. The second kappa shape index (κ2) is 6.77. The number of ether oxygens (including phenoxy) is 1. The van der Waals surface area contributed by atoms with E-state index >= 15 is 0 Å². The van der Waals surface area contributed by atoms with Crippen molar-refractivity contribution in [3.05, 3.63) is 64.7 Å². The van der Waals surface area contributed by atoms with Gasteiger partial charge in [-0.25, -0.2) is 0 Å². The average Bonchev–Trinajstić information content (AvgIpc) is 2.48. The van der Waals surface area contributed by atoms with Crippen molar-refractivity contribution in [1.82, 2.24) is 0 Å². The Balaban J connectivity index is 1.97. The molecule has 0 aromatic heterocycles. The first-order valence-electron chi connectivity index (χ1n) is 7.53. The Kier molecular flexibility index (Phi) is 5.03. The lowest BCUT2D eigenvalue weighted by atomic mass is 10.0. The first-order chi connectivity index (χ1) is 9.97. The quantitative estimate of drug-likeness (QED) is 0.876. The summed E-state index contributed by atoms with van der Waals surface area (Å²) in [4.78, 5) is 0. The van der Waals surface area contributed by atoms with Crippen LogP contribution in [0, 0.1) is 13.8 Å². The molecular weight excluding hydrogens is 258 g/mol. The number of hydrogen-bond acceptors (Lipinski definition) is 2. The lowest BCUT2D eigenvalue weighted by Gasteiger charge is -2.15. The van der Waals surface area contributed by atoms with Gasteiger partial charge in [0.05, 0.1) is 6.04 Å². The molecule has 2 N–H and O–H groups in total. The number of rotatable bonds is 5. The highest BCUT2D eigenvalue weighted by molar-refractivity contribution is 5.32. The van der Waals surface area contributed by atoms with E-state index in [4.69, 9.17) is 10.5 Å². The van der Waals surface area contributed by atoms with Crippen molar-refractivity contribution in [3.8, 4) is 5.75 Å². The second-order valence-electron chi connectivity index (χ2n) is 5.98. The van der Waals surface area contributed by atoms with E-state index < -0.39 is 0 Å². The molecule has 0 bridgehead atoms. The summed E-state index contributed by atoms with van der Waals surface area (Å²) in [6.45, 7) is 9.08. The van der Waals surface area contributed by atoms with Crippen molar-refractivity contribution in [2.24, 2.45) is 5.73 Å². The first kappa shape index (κ1) is 15.6. The first-order valence-corrected chi connectivity index (χ1v) is 7.53. The zero-order valence-electron chi connectivity index (χ0n) is 13.4. The Labute approximate surface area is 127 Å². The van der Waals surface area contributed by atoms with Crippen LogP contribution in [0.4, 0.5) is 0 Å². The van der Waals surface area contributed by atoms with Gasteiger partial charge in [-0.15, -0.1) is 0 Å². The van der Waals surface area contributed by atoms with Crippen molar-refractivity contribution in [3.63, 3.8) is 0 Å². The summed E-state index contributed by atoms with van der Waals surface area (Å²) < 4.78 is 5.80. The van der Waals surface area contributed by atoms with Gasteiger partial charge in [0.25, 0.3) is 0 Å². The van der Waals surface area contributed by atoms with E-state index in [0.717, 1.165) is 11.3 Å². The Morgan fingerprint density at radius 1 is 0.905 bits per heavy atom. The Morgan fingerprint density at radius 3 is 2.10 bits per heavy atom. The van der Waals surface area contributed by atoms with E-state index in [0.29, 0.717) is 12.5 Å². The van der Waals surface area contributed by atoms with Crippen LogP contribution in [0.25, 0.3) is 0 Å². The topological polar surface area (TPSA) is 35.2 Å². The van der Waals surface area contributed by atoms with Crippen LogP contribution in [0.5, 0.6) is 5.75 Å². The maximum absolute atomic E-state index is 6.21. The van der Waals surface area contributed by atoms with Gasteiger partial charge in [0.1, 0.15) is 12.4 Å². The third-order valence-electron chi connectivity index (χ3n) is 3.94. The molecule has 1 atom stereocenters. The van der Waals surface area contributed by atoms with Gasteiger partial charge in [-0.2, -0.15) is 0 Å².